The molecule has 4 heteroatoms. The maximum absolute atomic E-state index is 12.3. The van der Waals surface area contributed by atoms with E-state index in [0.29, 0.717) is 12.6 Å². The van der Waals surface area contributed by atoms with Crippen molar-refractivity contribution >= 4 is 5.91 Å². The number of carbonyl (C=O) groups excluding carboxylic acids is 1. The molecule has 0 aromatic carbocycles. The molecule has 0 aliphatic heterocycles. The Kier molecular flexibility index (Phi) is 5.67. The van der Waals surface area contributed by atoms with Gasteiger partial charge in [-0.25, -0.2) is 0 Å². The molecule has 2 aliphatic carbocycles. The summed E-state index contributed by atoms with van der Waals surface area (Å²) in [6, 6.07) is 0.529. The maximum atomic E-state index is 12.3. The van der Waals surface area contributed by atoms with Crippen molar-refractivity contribution in [2.45, 2.75) is 64.0 Å². The molecule has 0 aromatic rings. The molecule has 2 saturated carbocycles. The number of nitrogens with zero attached hydrogens (tertiary/aromatic N) is 2. The van der Waals surface area contributed by atoms with Crippen LogP contribution in [-0.4, -0.2) is 61.0 Å². The molecule has 4 nitrogen and oxygen atoms in total. The van der Waals surface area contributed by atoms with Gasteiger partial charge in [-0.1, -0.05) is 19.8 Å². The number of hydrogen-bond acceptors (Lipinski definition) is 3. The third kappa shape index (κ3) is 4.19. The average Bonchev–Trinajstić information content (AvgIpc) is 3.24. The van der Waals surface area contributed by atoms with Crippen LogP contribution >= 0.6 is 0 Å². The van der Waals surface area contributed by atoms with E-state index in [1.807, 2.05) is 4.90 Å². The molecule has 2 rings (SSSR count). The highest BCUT2D eigenvalue weighted by Gasteiger charge is 2.37. The molecule has 0 bridgehead atoms. The lowest BCUT2D eigenvalue weighted by Gasteiger charge is -2.45. The molecule has 21 heavy (non-hydrogen) atoms. The fourth-order valence-electron chi connectivity index (χ4n) is 3.89. The Bertz CT molecular complexity index is 354. The Labute approximate surface area is 130 Å². The van der Waals surface area contributed by atoms with Crippen LogP contribution in [0.2, 0.25) is 0 Å². The van der Waals surface area contributed by atoms with Crippen LogP contribution < -0.4 is 5.32 Å². The Morgan fingerprint density at radius 3 is 2.52 bits per heavy atom. The van der Waals surface area contributed by atoms with Crippen molar-refractivity contribution in [3.8, 4) is 0 Å². The molecule has 1 N–H and O–H groups in total. The van der Waals surface area contributed by atoms with E-state index in [4.69, 9.17) is 0 Å². The second kappa shape index (κ2) is 7.10. The third-order valence-electron chi connectivity index (χ3n) is 5.40. The van der Waals surface area contributed by atoms with Crippen molar-refractivity contribution < 1.29 is 4.79 Å². The van der Waals surface area contributed by atoms with Crippen molar-refractivity contribution in [3.63, 3.8) is 0 Å². The SMILES string of the molecule is CCN(C(=O)CNCC1(N(C)C)CCCC(C)C1)C1CC1. The van der Waals surface area contributed by atoms with Gasteiger partial charge in [0.1, 0.15) is 0 Å². The summed E-state index contributed by atoms with van der Waals surface area (Å²) in [5.41, 5.74) is 0.231. The van der Waals surface area contributed by atoms with E-state index in [1.165, 1.54) is 38.5 Å². The summed E-state index contributed by atoms with van der Waals surface area (Å²) >= 11 is 0. The minimum Gasteiger partial charge on any atom is -0.339 e. The normalized spacial score (nSPS) is 29.7. The van der Waals surface area contributed by atoms with Crippen LogP contribution in [0, 0.1) is 5.92 Å². The first kappa shape index (κ1) is 16.8. The summed E-state index contributed by atoms with van der Waals surface area (Å²) in [4.78, 5) is 16.7. The number of hydrogen-bond donors (Lipinski definition) is 1. The van der Waals surface area contributed by atoms with Gasteiger partial charge in [-0.3, -0.25) is 4.79 Å². The van der Waals surface area contributed by atoms with Gasteiger partial charge in [0.05, 0.1) is 6.54 Å². The van der Waals surface area contributed by atoms with Crippen LogP contribution in [0.4, 0.5) is 0 Å². The Hall–Kier alpha value is -0.610. The highest BCUT2D eigenvalue weighted by Crippen LogP contribution is 2.35. The predicted molar refractivity (Wildman–Crippen MR) is 87.3 cm³/mol. The molecule has 2 atom stereocenters. The van der Waals surface area contributed by atoms with Gasteiger partial charge in [-0.05, 0) is 52.6 Å². The van der Waals surface area contributed by atoms with Crippen molar-refractivity contribution in [1.82, 2.24) is 15.1 Å². The van der Waals surface area contributed by atoms with Crippen LogP contribution in [-0.2, 0) is 4.79 Å². The highest BCUT2D eigenvalue weighted by atomic mass is 16.2. The zero-order chi connectivity index (χ0) is 15.5. The topological polar surface area (TPSA) is 35.6 Å². The lowest BCUT2D eigenvalue weighted by atomic mass is 9.75. The second-order valence-corrected chi connectivity index (χ2v) is 7.33. The molecule has 0 radical (unpaired) electrons. The Morgan fingerprint density at radius 1 is 1.29 bits per heavy atom. The second-order valence-electron chi connectivity index (χ2n) is 7.33. The molecule has 1 amide bonds. The van der Waals surface area contributed by atoms with Crippen molar-refractivity contribution in [2.24, 2.45) is 5.92 Å². The van der Waals surface area contributed by atoms with E-state index >= 15 is 0 Å². The smallest absolute Gasteiger partial charge is 0.236 e. The summed E-state index contributed by atoms with van der Waals surface area (Å²) in [5, 5.41) is 3.46. The van der Waals surface area contributed by atoms with Crippen LogP contribution in [0.25, 0.3) is 0 Å². The largest absolute Gasteiger partial charge is 0.339 e. The number of rotatable bonds is 7. The van der Waals surface area contributed by atoms with Crippen molar-refractivity contribution in [2.75, 3.05) is 33.7 Å². The lowest BCUT2D eigenvalue weighted by Crippen LogP contribution is -2.55. The van der Waals surface area contributed by atoms with Crippen LogP contribution in [0.5, 0.6) is 0 Å². The molecule has 0 heterocycles. The summed E-state index contributed by atoms with van der Waals surface area (Å²) in [7, 11) is 4.37. The molecule has 2 aliphatic rings. The number of nitrogens with one attached hydrogen (secondary N) is 1. The van der Waals surface area contributed by atoms with Gasteiger partial charge in [-0.15, -0.1) is 0 Å². The van der Waals surface area contributed by atoms with Crippen LogP contribution in [0.1, 0.15) is 52.4 Å². The number of amides is 1. The zero-order valence-electron chi connectivity index (χ0n) is 14.3. The van der Waals surface area contributed by atoms with Crippen LogP contribution in [0.15, 0.2) is 0 Å². The highest BCUT2D eigenvalue weighted by molar-refractivity contribution is 5.78. The first-order chi connectivity index (χ1) is 9.98. The molecule has 122 valence electrons. The minimum absolute atomic E-state index is 0.231. The van der Waals surface area contributed by atoms with Gasteiger partial charge in [0.2, 0.25) is 5.91 Å². The van der Waals surface area contributed by atoms with E-state index < -0.39 is 0 Å². The third-order valence-corrected chi connectivity index (χ3v) is 5.40. The molecule has 0 aromatic heterocycles. The van der Waals surface area contributed by atoms with Gasteiger partial charge in [-0.2, -0.15) is 0 Å². The van der Waals surface area contributed by atoms with Gasteiger partial charge in [0, 0.05) is 24.7 Å². The zero-order valence-corrected chi connectivity index (χ0v) is 14.3. The molecule has 0 saturated heterocycles. The van der Waals surface area contributed by atoms with E-state index in [0.717, 1.165) is 19.0 Å². The fourth-order valence-corrected chi connectivity index (χ4v) is 3.89. The predicted octanol–water partition coefficient (Wildman–Crippen LogP) is 2.10. The van der Waals surface area contributed by atoms with Gasteiger partial charge < -0.3 is 15.1 Å². The van der Waals surface area contributed by atoms with Crippen molar-refractivity contribution in [3.05, 3.63) is 0 Å². The maximum Gasteiger partial charge on any atom is 0.236 e. The van der Waals surface area contributed by atoms with E-state index in [9.17, 15) is 4.79 Å². The summed E-state index contributed by atoms with van der Waals surface area (Å²) < 4.78 is 0. The van der Waals surface area contributed by atoms with Gasteiger partial charge in [0.25, 0.3) is 0 Å². The first-order valence-electron chi connectivity index (χ1n) is 8.66. The first-order valence-corrected chi connectivity index (χ1v) is 8.66. The number of carbonyl (C=O) groups is 1. The summed E-state index contributed by atoms with van der Waals surface area (Å²) in [5.74, 6) is 1.06. The quantitative estimate of drug-likeness (QED) is 0.781. The average molecular weight is 295 g/mol. The Balaban J connectivity index is 1.83. The van der Waals surface area contributed by atoms with E-state index in [-0.39, 0.29) is 11.4 Å². The molecule has 2 fully saturated rings. The molecule has 0 spiro atoms. The number of likely N-dealkylation sites (N-methyl/N-ethyl adjacent to an activating group) is 2. The summed E-state index contributed by atoms with van der Waals surface area (Å²) in [6.07, 6.45) is 7.52. The molecular formula is C17H33N3O. The fraction of sp³-hybridized carbons (Fsp3) is 0.941. The van der Waals surface area contributed by atoms with Gasteiger partial charge >= 0.3 is 0 Å². The van der Waals surface area contributed by atoms with Crippen LogP contribution in [0.3, 0.4) is 0 Å². The van der Waals surface area contributed by atoms with Crippen molar-refractivity contribution in [1.29, 1.82) is 0 Å². The van der Waals surface area contributed by atoms with E-state index in [1.54, 1.807) is 0 Å². The standard InChI is InChI=1S/C17H33N3O/c1-5-20(15-8-9-15)16(21)12-18-13-17(19(3)4)10-6-7-14(2)11-17/h14-15,18H,5-13H2,1-4H3. The summed E-state index contributed by atoms with van der Waals surface area (Å²) in [6.45, 7) is 6.71. The Morgan fingerprint density at radius 2 is 2.00 bits per heavy atom. The van der Waals surface area contributed by atoms with E-state index in [2.05, 4.69) is 38.2 Å². The van der Waals surface area contributed by atoms with Gasteiger partial charge in [0.15, 0.2) is 0 Å². The molecular weight excluding hydrogens is 262 g/mol. The lowest BCUT2D eigenvalue weighted by molar-refractivity contribution is -0.130. The minimum atomic E-state index is 0.231. The molecule has 2 unspecified atom stereocenters. The monoisotopic (exact) mass is 295 g/mol.